The summed E-state index contributed by atoms with van der Waals surface area (Å²) < 4.78 is 0.891. The first-order chi connectivity index (χ1) is 7.50. The van der Waals surface area contributed by atoms with Crippen LogP contribution < -0.4 is 0 Å². The lowest BCUT2D eigenvalue weighted by Crippen LogP contribution is -1.88. The van der Waals surface area contributed by atoms with Crippen molar-refractivity contribution in [2.45, 2.75) is 25.7 Å². The molecule has 0 spiro atoms. The molecule has 0 atom stereocenters. The van der Waals surface area contributed by atoms with Crippen LogP contribution in [0.5, 0.6) is 0 Å². The molecule has 4 heteroatoms. The van der Waals surface area contributed by atoms with E-state index in [1.165, 1.54) is 27.1 Å². The molecule has 1 heterocycles. The second-order valence-corrected chi connectivity index (χ2v) is 7.17. The average Bonchev–Trinajstić information content (AvgIpc) is 2.48. The first-order valence-corrected chi connectivity index (χ1v) is 7.91. The van der Waals surface area contributed by atoms with E-state index >= 15 is 0 Å². The van der Waals surface area contributed by atoms with Crippen LogP contribution in [0, 0.1) is 24.6 Å². The molecule has 2 rings (SSSR count). The van der Waals surface area contributed by atoms with Gasteiger partial charge in [0.1, 0.15) is 3.82 Å². The molecule has 0 aliphatic rings. The minimum Gasteiger partial charge on any atom is -0.140 e. The van der Waals surface area contributed by atoms with Gasteiger partial charge in [0.15, 0.2) is 0 Å². The molecule has 0 amide bonds. The second kappa shape index (κ2) is 4.61. The number of hydrogen-bond acceptors (Lipinski definition) is 4. The van der Waals surface area contributed by atoms with Gasteiger partial charge in [-0.05, 0) is 37.5 Å². The van der Waals surface area contributed by atoms with Crippen LogP contribution in [0.15, 0.2) is 17.0 Å². The monoisotopic (exact) mass is 284 g/mol. The summed E-state index contributed by atoms with van der Waals surface area (Å²) in [6, 6.07) is 4.42. The number of benzene rings is 1. The fraction of sp³-hybridized carbons (Fsp3) is 0.250. The lowest BCUT2D eigenvalue weighted by atomic mass is 9.99. The van der Waals surface area contributed by atoms with E-state index in [9.17, 15) is 0 Å². The van der Waals surface area contributed by atoms with Gasteiger partial charge in [0.05, 0.1) is 9.77 Å². The highest BCUT2D eigenvalue weighted by Gasteiger charge is 2.12. The van der Waals surface area contributed by atoms with Crippen molar-refractivity contribution in [3.05, 3.63) is 32.6 Å². The average molecular weight is 284 g/mol. The van der Waals surface area contributed by atoms with E-state index in [1.807, 2.05) is 0 Å². The highest BCUT2D eigenvalue weighted by molar-refractivity contribution is 7.85. The molecular formula is C12H12S4. The fourth-order valence-corrected chi connectivity index (χ4v) is 5.40. The van der Waals surface area contributed by atoms with Crippen molar-refractivity contribution in [3.8, 4) is 10.4 Å². The number of rotatable bonds is 1. The molecule has 84 valence electrons. The molecular weight excluding hydrogens is 272 g/mol. The van der Waals surface area contributed by atoms with Crippen molar-refractivity contribution < 1.29 is 0 Å². The van der Waals surface area contributed by atoms with Crippen LogP contribution in [-0.4, -0.2) is 0 Å². The summed E-state index contributed by atoms with van der Waals surface area (Å²) in [5.74, 6) is 0. The molecule has 0 aliphatic carbocycles. The standard InChI is InChI=1S/C12H12S4/c1-6-4-7(2)9(8(3)5-6)11-10(13)12(14)16-15-11/h4-5,13H,1-3H3. The Balaban J connectivity index is 2.74. The van der Waals surface area contributed by atoms with Crippen LogP contribution in [0.25, 0.3) is 10.4 Å². The van der Waals surface area contributed by atoms with Gasteiger partial charge < -0.3 is 0 Å². The SMILES string of the molecule is Cc1cc(C)c(-c2ssc(=S)c2S)c(C)c1. The maximum atomic E-state index is 5.24. The molecule has 16 heavy (non-hydrogen) atoms. The van der Waals surface area contributed by atoms with Crippen molar-refractivity contribution in [1.29, 1.82) is 0 Å². The molecule has 0 radical (unpaired) electrons. The summed E-state index contributed by atoms with van der Waals surface area (Å²) >= 11 is 9.75. The van der Waals surface area contributed by atoms with Gasteiger partial charge in [-0.25, -0.2) is 0 Å². The quantitative estimate of drug-likeness (QED) is 0.414. The van der Waals surface area contributed by atoms with Crippen molar-refractivity contribution in [3.63, 3.8) is 0 Å². The highest BCUT2D eigenvalue weighted by Crippen LogP contribution is 2.40. The summed E-state index contributed by atoms with van der Waals surface area (Å²) in [7, 11) is 3.35. The molecule has 0 nitrogen and oxygen atoms in total. The Morgan fingerprint density at radius 3 is 2.06 bits per heavy atom. The first kappa shape index (κ1) is 12.3. The van der Waals surface area contributed by atoms with E-state index in [2.05, 4.69) is 45.5 Å². The Bertz CT molecular complexity index is 566. The van der Waals surface area contributed by atoms with Gasteiger partial charge in [-0.1, -0.05) is 50.6 Å². The zero-order chi connectivity index (χ0) is 11.9. The van der Waals surface area contributed by atoms with Gasteiger partial charge in [0.25, 0.3) is 0 Å². The van der Waals surface area contributed by atoms with Crippen molar-refractivity contribution in [2.75, 3.05) is 0 Å². The minimum atomic E-state index is 0.891. The van der Waals surface area contributed by atoms with Crippen LogP contribution in [0.1, 0.15) is 16.7 Å². The summed E-state index contributed by atoms with van der Waals surface area (Å²) in [4.78, 5) is 2.17. The Hall–Kier alpha value is -0.160. The predicted octanol–water partition coefficient (Wildman–Crippen LogP) is 5.42. The summed E-state index contributed by atoms with van der Waals surface area (Å²) in [6.07, 6.45) is 0. The van der Waals surface area contributed by atoms with Gasteiger partial charge in [-0.15, -0.1) is 12.6 Å². The van der Waals surface area contributed by atoms with E-state index in [0.29, 0.717) is 0 Å². The third-order valence-electron chi connectivity index (χ3n) is 2.51. The minimum absolute atomic E-state index is 0.891. The number of hydrogen-bond donors (Lipinski definition) is 1. The number of aryl methyl sites for hydroxylation is 3. The zero-order valence-corrected chi connectivity index (χ0v) is 12.7. The molecule has 0 N–H and O–H groups in total. The summed E-state index contributed by atoms with van der Waals surface area (Å²) in [6.45, 7) is 6.42. The van der Waals surface area contributed by atoms with Gasteiger partial charge in [0.2, 0.25) is 0 Å². The van der Waals surface area contributed by atoms with E-state index in [1.54, 1.807) is 20.7 Å². The lowest BCUT2D eigenvalue weighted by molar-refractivity contribution is 1.32. The molecule has 2 aromatic rings. The van der Waals surface area contributed by atoms with Crippen LogP contribution in [-0.2, 0) is 0 Å². The maximum Gasteiger partial charge on any atom is 0.115 e. The third kappa shape index (κ3) is 2.12. The Morgan fingerprint density at radius 1 is 1.06 bits per heavy atom. The molecule has 0 fully saturated rings. The van der Waals surface area contributed by atoms with E-state index in [-0.39, 0.29) is 0 Å². The van der Waals surface area contributed by atoms with Crippen LogP contribution in [0.3, 0.4) is 0 Å². The first-order valence-electron chi connectivity index (χ1n) is 4.91. The van der Waals surface area contributed by atoms with Gasteiger partial charge in [0, 0.05) is 0 Å². The Morgan fingerprint density at radius 2 is 1.62 bits per heavy atom. The normalized spacial score (nSPS) is 10.8. The second-order valence-electron chi connectivity index (χ2n) is 3.91. The summed E-state index contributed by atoms with van der Waals surface area (Å²) in [5, 5.41) is 0. The van der Waals surface area contributed by atoms with Crippen molar-refractivity contribution >= 4 is 45.5 Å². The molecule has 1 aromatic carbocycles. The van der Waals surface area contributed by atoms with Crippen LogP contribution in [0.4, 0.5) is 0 Å². The predicted molar refractivity (Wildman–Crippen MR) is 79.9 cm³/mol. The number of thiol groups is 1. The largest absolute Gasteiger partial charge is 0.140 e. The Labute approximate surface area is 114 Å². The zero-order valence-electron chi connectivity index (χ0n) is 9.33. The molecule has 1 aromatic heterocycles. The summed E-state index contributed by atoms with van der Waals surface area (Å²) in [5.41, 5.74) is 5.21. The smallest absolute Gasteiger partial charge is 0.115 e. The topological polar surface area (TPSA) is 0 Å². The molecule has 0 saturated carbocycles. The van der Waals surface area contributed by atoms with Crippen LogP contribution >= 0.6 is 45.5 Å². The van der Waals surface area contributed by atoms with Crippen LogP contribution in [0.2, 0.25) is 0 Å². The van der Waals surface area contributed by atoms with E-state index < -0.39 is 0 Å². The van der Waals surface area contributed by atoms with E-state index in [4.69, 9.17) is 12.2 Å². The molecule has 0 saturated heterocycles. The van der Waals surface area contributed by atoms with Crippen molar-refractivity contribution in [1.82, 2.24) is 0 Å². The van der Waals surface area contributed by atoms with Crippen molar-refractivity contribution in [2.24, 2.45) is 0 Å². The maximum absolute atomic E-state index is 5.24. The third-order valence-corrected chi connectivity index (χ3v) is 6.45. The van der Waals surface area contributed by atoms with Gasteiger partial charge in [-0.3, -0.25) is 0 Å². The van der Waals surface area contributed by atoms with Gasteiger partial charge >= 0.3 is 0 Å². The molecule has 0 bridgehead atoms. The molecule has 0 unspecified atom stereocenters. The lowest BCUT2D eigenvalue weighted by Gasteiger charge is -2.09. The fourth-order valence-electron chi connectivity index (χ4n) is 1.95. The van der Waals surface area contributed by atoms with Gasteiger partial charge in [-0.2, -0.15) is 0 Å². The Kier molecular flexibility index (Phi) is 3.54. The highest BCUT2D eigenvalue weighted by atomic mass is 32.9. The van der Waals surface area contributed by atoms with E-state index in [0.717, 1.165) is 8.72 Å². The molecule has 0 aliphatic heterocycles.